The molecule has 1 fully saturated rings. The van der Waals surface area contributed by atoms with Gasteiger partial charge in [-0.1, -0.05) is 54.9 Å². The lowest BCUT2D eigenvalue weighted by Gasteiger charge is -2.19. The van der Waals surface area contributed by atoms with Gasteiger partial charge in [-0.15, -0.1) is 0 Å². The maximum Gasteiger partial charge on any atom is 0.404 e. The first-order valence-corrected chi connectivity index (χ1v) is 9.47. The number of phenols is 1. The van der Waals surface area contributed by atoms with Crippen LogP contribution in [0.2, 0.25) is 5.02 Å². The van der Waals surface area contributed by atoms with Crippen LogP contribution in [0.1, 0.15) is 24.5 Å². The molecule has 148 valence electrons. The number of carbonyl (C=O) groups is 2. The zero-order valence-electron chi connectivity index (χ0n) is 15.5. The Morgan fingerprint density at radius 2 is 1.96 bits per heavy atom. The second kappa shape index (κ2) is 8.10. The number of carboxylic acid groups (broad SMARTS) is 1. The first-order chi connectivity index (χ1) is 13.3. The third-order valence-electron chi connectivity index (χ3n) is 5.34. The van der Waals surface area contributed by atoms with E-state index in [-0.39, 0.29) is 29.5 Å². The summed E-state index contributed by atoms with van der Waals surface area (Å²) in [6, 6.07) is 13.9. The average Bonchev–Trinajstić information content (AvgIpc) is 3.35. The van der Waals surface area contributed by atoms with E-state index in [1.165, 1.54) is 12.1 Å². The van der Waals surface area contributed by atoms with Crippen molar-refractivity contribution in [3.8, 4) is 5.75 Å². The van der Waals surface area contributed by atoms with Crippen LogP contribution in [0, 0.1) is 5.92 Å². The smallest absolute Gasteiger partial charge is 0.404 e. The molecule has 0 saturated heterocycles. The lowest BCUT2D eigenvalue weighted by molar-refractivity contribution is -0.122. The zero-order chi connectivity index (χ0) is 20.3. The summed E-state index contributed by atoms with van der Waals surface area (Å²) < 4.78 is 0. The van der Waals surface area contributed by atoms with Gasteiger partial charge in [-0.05, 0) is 36.1 Å². The molecule has 1 saturated carbocycles. The van der Waals surface area contributed by atoms with Gasteiger partial charge in [0.2, 0.25) is 5.91 Å². The summed E-state index contributed by atoms with van der Waals surface area (Å²) in [5.41, 5.74) is 1.64. The Morgan fingerprint density at radius 3 is 2.61 bits per heavy atom. The van der Waals surface area contributed by atoms with Gasteiger partial charge in [0.05, 0.1) is 6.04 Å². The molecule has 0 aromatic heterocycles. The molecule has 0 aliphatic heterocycles. The van der Waals surface area contributed by atoms with Crippen LogP contribution >= 0.6 is 11.6 Å². The Kier molecular flexibility index (Phi) is 5.79. The molecule has 0 radical (unpaired) electrons. The Labute approximate surface area is 168 Å². The van der Waals surface area contributed by atoms with Crippen LogP contribution in [0.25, 0.3) is 0 Å². The van der Waals surface area contributed by atoms with Crippen LogP contribution in [-0.2, 0) is 16.6 Å². The van der Waals surface area contributed by atoms with Gasteiger partial charge in [-0.2, -0.15) is 0 Å². The zero-order valence-corrected chi connectivity index (χ0v) is 16.2. The van der Waals surface area contributed by atoms with Crippen molar-refractivity contribution in [3.63, 3.8) is 0 Å². The molecule has 28 heavy (non-hydrogen) atoms. The van der Waals surface area contributed by atoms with Crippen molar-refractivity contribution in [2.45, 2.75) is 31.2 Å². The van der Waals surface area contributed by atoms with E-state index in [1.807, 2.05) is 30.3 Å². The molecule has 1 unspecified atom stereocenters. The largest absolute Gasteiger partial charge is 0.508 e. The first-order valence-electron chi connectivity index (χ1n) is 9.09. The first kappa shape index (κ1) is 20.0. The van der Waals surface area contributed by atoms with E-state index in [4.69, 9.17) is 16.7 Å². The van der Waals surface area contributed by atoms with E-state index in [9.17, 15) is 14.7 Å². The van der Waals surface area contributed by atoms with Crippen molar-refractivity contribution in [1.82, 2.24) is 10.6 Å². The maximum absolute atomic E-state index is 12.6. The number of carbonyl (C=O) groups excluding carboxylic acids is 1. The lowest BCUT2D eigenvalue weighted by atomic mass is 9.95. The van der Waals surface area contributed by atoms with Gasteiger partial charge in [0.1, 0.15) is 5.75 Å². The van der Waals surface area contributed by atoms with E-state index in [0.717, 1.165) is 12.0 Å². The van der Waals surface area contributed by atoms with Crippen molar-refractivity contribution in [2.24, 2.45) is 5.92 Å². The fourth-order valence-electron chi connectivity index (χ4n) is 3.55. The predicted molar refractivity (Wildman–Crippen MR) is 107 cm³/mol. The molecular formula is C21H23ClN2O4. The van der Waals surface area contributed by atoms with Crippen molar-refractivity contribution < 1.29 is 19.8 Å². The van der Waals surface area contributed by atoms with E-state index in [0.29, 0.717) is 17.0 Å². The van der Waals surface area contributed by atoms with Gasteiger partial charge in [0, 0.05) is 22.9 Å². The molecule has 7 heteroatoms. The Bertz CT molecular complexity index is 874. The highest BCUT2D eigenvalue weighted by Crippen LogP contribution is 2.53. The fraction of sp³-hybridized carbons (Fsp3) is 0.333. The third-order valence-corrected chi connectivity index (χ3v) is 5.69. The molecule has 1 aliphatic carbocycles. The van der Waals surface area contributed by atoms with Crippen LogP contribution in [0.15, 0.2) is 48.5 Å². The molecule has 2 amide bonds. The molecule has 0 heterocycles. The van der Waals surface area contributed by atoms with Gasteiger partial charge in [-0.3, -0.25) is 4.79 Å². The molecule has 6 nitrogen and oxygen atoms in total. The van der Waals surface area contributed by atoms with Gasteiger partial charge in [0.25, 0.3) is 0 Å². The summed E-state index contributed by atoms with van der Waals surface area (Å²) in [7, 11) is 0. The minimum Gasteiger partial charge on any atom is -0.508 e. The number of halogens is 1. The molecule has 4 N–H and O–H groups in total. The second-order valence-corrected chi connectivity index (χ2v) is 7.82. The summed E-state index contributed by atoms with van der Waals surface area (Å²) in [6.45, 7) is 2.22. The summed E-state index contributed by atoms with van der Waals surface area (Å²) in [5.74, 6) is -0.170. The van der Waals surface area contributed by atoms with Crippen LogP contribution in [0.3, 0.4) is 0 Å². The Morgan fingerprint density at radius 1 is 1.25 bits per heavy atom. The van der Waals surface area contributed by atoms with Crippen molar-refractivity contribution >= 4 is 23.6 Å². The quantitative estimate of drug-likeness (QED) is 0.571. The number of rotatable bonds is 7. The van der Waals surface area contributed by atoms with Crippen molar-refractivity contribution in [2.75, 3.05) is 6.54 Å². The normalized spacial score (nSPS) is 21.6. The standard InChI is InChI=1S/C21H23ClN2O4/c1-21(14-5-3-2-4-6-14)11-17(21)19(26)23-12-15(24-20(27)28)9-13-7-8-16(25)10-18(13)22/h2-8,10,15,17,24-25H,9,11-12H2,1H3,(H,23,26)(H,27,28)/t15?,17-,21-/m0/s1. The lowest BCUT2D eigenvalue weighted by Crippen LogP contribution is -2.45. The SMILES string of the molecule is C[C@@]1(c2ccccc2)C[C@H]1C(=O)NCC(Cc1ccc(O)cc1Cl)NC(=O)O. The molecule has 1 aliphatic rings. The van der Waals surface area contributed by atoms with Crippen LogP contribution in [0.5, 0.6) is 5.75 Å². The minimum absolute atomic E-state index is 0.0405. The Balaban J connectivity index is 1.61. The molecule has 3 rings (SSSR count). The van der Waals surface area contributed by atoms with Crippen LogP contribution < -0.4 is 10.6 Å². The van der Waals surface area contributed by atoms with E-state index in [2.05, 4.69) is 17.6 Å². The average molecular weight is 403 g/mol. The number of nitrogens with one attached hydrogen (secondary N) is 2. The summed E-state index contributed by atoms with van der Waals surface area (Å²) in [6.07, 6.45) is -0.106. The topological polar surface area (TPSA) is 98.7 Å². The minimum atomic E-state index is -1.17. The summed E-state index contributed by atoms with van der Waals surface area (Å²) in [5, 5.41) is 24.2. The number of hydrogen-bond acceptors (Lipinski definition) is 3. The maximum atomic E-state index is 12.6. The molecule has 2 aromatic carbocycles. The van der Waals surface area contributed by atoms with Crippen molar-refractivity contribution in [3.05, 3.63) is 64.7 Å². The van der Waals surface area contributed by atoms with Gasteiger partial charge in [0.15, 0.2) is 0 Å². The molecule has 0 bridgehead atoms. The number of aromatic hydroxyl groups is 1. The van der Waals surface area contributed by atoms with Crippen molar-refractivity contribution in [1.29, 1.82) is 0 Å². The highest BCUT2D eigenvalue weighted by Gasteiger charge is 2.55. The molecular weight excluding hydrogens is 380 g/mol. The summed E-state index contributed by atoms with van der Waals surface area (Å²) in [4.78, 5) is 23.7. The Hall–Kier alpha value is -2.73. The van der Waals surface area contributed by atoms with Gasteiger partial charge < -0.3 is 20.8 Å². The number of phenolic OH excluding ortho intramolecular Hbond substituents is 1. The van der Waals surface area contributed by atoms with Gasteiger partial charge in [-0.25, -0.2) is 4.79 Å². The summed E-state index contributed by atoms with van der Waals surface area (Å²) >= 11 is 6.12. The van der Waals surface area contributed by atoms with E-state index < -0.39 is 12.1 Å². The monoisotopic (exact) mass is 402 g/mol. The number of amides is 2. The van der Waals surface area contributed by atoms with Gasteiger partial charge >= 0.3 is 6.09 Å². The molecule has 3 atom stereocenters. The molecule has 0 spiro atoms. The van der Waals surface area contributed by atoms with E-state index >= 15 is 0 Å². The fourth-order valence-corrected chi connectivity index (χ4v) is 3.80. The van der Waals surface area contributed by atoms with Crippen LogP contribution in [-0.4, -0.2) is 34.8 Å². The number of hydrogen-bond donors (Lipinski definition) is 4. The predicted octanol–water partition coefficient (Wildman–Crippen LogP) is 3.32. The van der Waals surface area contributed by atoms with Crippen LogP contribution in [0.4, 0.5) is 4.79 Å². The number of benzene rings is 2. The highest BCUT2D eigenvalue weighted by atomic mass is 35.5. The second-order valence-electron chi connectivity index (χ2n) is 7.41. The molecule has 2 aromatic rings. The third kappa shape index (κ3) is 4.57. The van der Waals surface area contributed by atoms with E-state index in [1.54, 1.807) is 6.07 Å². The highest BCUT2D eigenvalue weighted by molar-refractivity contribution is 6.31.